The van der Waals surface area contributed by atoms with Crippen LogP contribution in [0.3, 0.4) is 0 Å². The molecule has 4 atom stereocenters. The largest absolute Gasteiger partial charge is 0.506 e. The minimum atomic E-state index is -1.45. The SMILES string of the molecule is CC(C)=CCc1c2c(c(O)c3c1O[C@]14C(=C[C@@H]5CC1C(C)(C)OC4(C/C=C(\C)CO)C5=O)C3=O)C=CC(C)(C)O2. The summed E-state index contributed by atoms with van der Waals surface area (Å²) < 4.78 is 20.2. The van der Waals surface area contributed by atoms with Crippen LogP contribution in [0.5, 0.6) is 17.2 Å². The van der Waals surface area contributed by atoms with Crippen molar-refractivity contribution in [3.63, 3.8) is 0 Å². The number of rotatable bonds is 5. The number of ether oxygens (including phenoxy) is 3. The summed E-state index contributed by atoms with van der Waals surface area (Å²) in [6, 6.07) is 0. The Balaban J connectivity index is 1.66. The molecule has 7 heteroatoms. The molecule has 1 saturated heterocycles. The molecule has 1 saturated carbocycles. The Morgan fingerprint density at radius 1 is 1.07 bits per heavy atom. The standard InChI is InChI=1S/C33H38O7/c1-17(2)8-9-21-27-20(11-12-30(4,5)38-27)25(35)24-26(36)22-14-19-15-23-31(6,7)40-32(29(19)37,13-10-18(3)16-34)33(22,23)39-28(21)24/h8,10-12,14,19,23,34-35H,9,13,15-16H2,1-7H3/b18-10+/t19-,23?,32?,33-/m1/s1. The van der Waals surface area contributed by atoms with E-state index in [0.29, 0.717) is 40.9 Å². The van der Waals surface area contributed by atoms with E-state index in [1.54, 1.807) is 13.0 Å². The molecule has 3 aliphatic carbocycles. The lowest BCUT2D eigenvalue weighted by Gasteiger charge is -2.56. The number of carbonyl (C=O) groups excluding carboxylic acids is 2. The fourth-order valence-electron chi connectivity index (χ4n) is 7.44. The molecule has 7 rings (SSSR count). The molecule has 1 aromatic carbocycles. The van der Waals surface area contributed by atoms with Crippen LogP contribution in [0.25, 0.3) is 6.08 Å². The highest BCUT2D eigenvalue weighted by molar-refractivity contribution is 6.19. The van der Waals surface area contributed by atoms with Crippen molar-refractivity contribution in [1.82, 2.24) is 0 Å². The summed E-state index contributed by atoms with van der Waals surface area (Å²) in [6.45, 7) is 13.4. The fraction of sp³-hybridized carbons (Fsp3) is 0.515. The van der Waals surface area contributed by atoms with Crippen LogP contribution in [-0.4, -0.2) is 50.8 Å². The van der Waals surface area contributed by atoms with Gasteiger partial charge >= 0.3 is 0 Å². The van der Waals surface area contributed by atoms with Crippen molar-refractivity contribution in [2.24, 2.45) is 11.8 Å². The Bertz CT molecular complexity index is 1480. The normalized spacial score (nSPS) is 32.0. The lowest BCUT2D eigenvalue weighted by atomic mass is 9.51. The summed E-state index contributed by atoms with van der Waals surface area (Å²) in [6.07, 6.45) is 10.4. The number of hydrogen-bond acceptors (Lipinski definition) is 7. The lowest BCUT2D eigenvalue weighted by Crippen LogP contribution is -2.72. The van der Waals surface area contributed by atoms with Crippen LogP contribution in [0.2, 0.25) is 0 Å². The van der Waals surface area contributed by atoms with E-state index in [0.717, 1.165) is 5.57 Å². The first kappa shape index (κ1) is 27.0. The highest BCUT2D eigenvalue weighted by atomic mass is 16.6. The number of Topliss-reactive ketones (excluding diaryl/α,β-unsaturated/α-hetero) is 2. The molecule has 2 unspecified atom stereocenters. The molecule has 1 aromatic rings. The number of fused-ring (bicyclic) bond motifs is 2. The maximum absolute atomic E-state index is 14.5. The zero-order valence-electron chi connectivity index (χ0n) is 24.3. The molecule has 6 aliphatic rings. The lowest BCUT2D eigenvalue weighted by molar-refractivity contribution is -0.171. The molecule has 0 aromatic heterocycles. The minimum Gasteiger partial charge on any atom is -0.506 e. The molecule has 7 nitrogen and oxygen atoms in total. The Morgan fingerprint density at radius 3 is 2.48 bits per heavy atom. The van der Waals surface area contributed by atoms with E-state index >= 15 is 0 Å². The average Bonchev–Trinajstić information content (AvgIpc) is 3.03. The van der Waals surface area contributed by atoms with E-state index in [1.807, 2.05) is 65.8 Å². The number of phenolic OH excluding ortho intramolecular Hbond substituents is 1. The van der Waals surface area contributed by atoms with Gasteiger partial charge in [-0.2, -0.15) is 0 Å². The summed E-state index contributed by atoms with van der Waals surface area (Å²) in [5, 5.41) is 21.3. The van der Waals surface area contributed by atoms with E-state index < -0.39 is 28.3 Å². The smallest absolute Gasteiger partial charge is 0.200 e. The third kappa shape index (κ3) is 3.37. The van der Waals surface area contributed by atoms with Crippen LogP contribution in [0.1, 0.15) is 82.8 Å². The third-order valence-electron chi connectivity index (χ3n) is 9.32. The van der Waals surface area contributed by atoms with Crippen molar-refractivity contribution < 1.29 is 34.0 Å². The summed E-state index contributed by atoms with van der Waals surface area (Å²) in [5.74, 6) is -0.661. The van der Waals surface area contributed by atoms with Gasteiger partial charge in [0, 0.05) is 29.4 Å². The fourth-order valence-corrected chi connectivity index (χ4v) is 7.44. The number of carbonyl (C=O) groups is 2. The monoisotopic (exact) mass is 546 g/mol. The molecule has 0 radical (unpaired) electrons. The molecule has 0 amide bonds. The summed E-state index contributed by atoms with van der Waals surface area (Å²) in [4.78, 5) is 28.7. The number of aliphatic hydroxyl groups excluding tert-OH is 1. The summed E-state index contributed by atoms with van der Waals surface area (Å²) >= 11 is 0. The van der Waals surface area contributed by atoms with Crippen LogP contribution in [-0.2, 0) is 16.0 Å². The van der Waals surface area contributed by atoms with Gasteiger partial charge in [-0.15, -0.1) is 0 Å². The highest BCUT2D eigenvalue weighted by Crippen LogP contribution is 2.68. The van der Waals surface area contributed by atoms with Gasteiger partial charge in [-0.05, 0) is 73.5 Å². The van der Waals surface area contributed by atoms with Gasteiger partial charge in [0.2, 0.25) is 0 Å². The number of hydrogen-bond donors (Lipinski definition) is 2. The van der Waals surface area contributed by atoms with E-state index in [4.69, 9.17) is 14.2 Å². The molecule has 3 aliphatic heterocycles. The first-order chi connectivity index (χ1) is 18.7. The van der Waals surface area contributed by atoms with Crippen molar-refractivity contribution in [1.29, 1.82) is 0 Å². The maximum Gasteiger partial charge on any atom is 0.200 e. The average molecular weight is 547 g/mol. The van der Waals surface area contributed by atoms with Crippen LogP contribution >= 0.6 is 0 Å². The maximum atomic E-state index is 14.5. The quantitative estimate of drug-likeness (QED) is 0.476. The van der Waals surface area contributed by atoms with E-state index in [1.165, 1.54) is 0 Å². The zero-order chi connectivity index (χ0) is 29.0. The van der Waals surface area contributed by atoms with Gasteiger partial charge in [0.25, 0.3) is 0 Å². The first-order valence-electron chi connectivity index (χ1n) is 14.1. The number of benzene rings is 1. The Labute approximate surface area is 235 Å². The van der Waals surface area contributed by atoms with Gasteiger partial charge < -0.3 is 24.4 Å². The Morgan fingerprint density at radius 2 is 1.80 bits per heavy atom. The number of aromatic hydroxyl groups is 1. The van der Waals surface area contributed by atoms with Crippen LogP contribution < -0.4 is 9.47 Å². The Kier molecular flexibility index (Phi) is 5.70. The van der Waals surface area contributed by atoms with E-state index in [-0.39, 0.29) is 47.6 Å². The van der Waals surface area contributed by atoms with Gasteiger partial charge in [-0.25, -0.2) is 0 Å². The molecule has 40 heavy (non-hydrogen) atoms. The van der Waals surface area contributed by atoms with Crippen molar-refractivity contribution >= 4 is 17.6 Å². The van der Waals surface area contributed by atoms with Crippen molar-refractivity contribution in [3.05, 3.63) is 57.7 Å². The molecule has 2 fully saturated rings. The van der Waals surface area contributed by atoms with Gasteiger partial charge in [0.05, 0.1) is 17.8 Å². The Hall–Kier alpha value is -3.16. The molecular weight excluding hydrogens is 508 g/mol. The molecule has 3 heterocycles. The number of ketones is 2. The first-order valence-corrected chi connectivity index (χ1v) is 14.1. The molecular formula is C33H38O7. The predicted molar refractivity (Wildman–Crippen MR) is 151 cm³/mol. The number of phenols is 1. The van der Waals surface area contributed by atoms with Crippen LogP contribution in [0, 0.1) is 11.8 Å². The second kappa shape index (κ2) is 8.43. The summed E-state index contributed by atoms with van der Waals surface area (Å²) in [5.41, 5.74) is -0.823. The highest BCUT2D eigenvalue weighted by Gasteiger charge is 2.81. The zero-order valence-corrected chi connectivity index (χ0v) is 24.3. The second-order valence-electron chi connectivity index (χ2n) is 13.2. The molecule has 4 bridgehead atoms. The van der Waals surface area contributed by atoms with Crippen molar-refractivity contribution in [3.8, 4) is 17.2 Å². The van der Waals surface area contributed by atoms with Gasteiger partial charge in [-0.3, -0.25) is 9.59 Å². The predicted octanol–water partition coefficient (Wildman–Crippen LogP) is 5.42. The van der Waals surface area contributed by atoms with Gasteiger partial charge in [0.1, 0.15) is 28.4 Å². The topological polar surface area (TPSA) is 102 Å². The van der Waals surface area contributed by atoms with Gasteiger partial charge in [-0.1, -0.05) is 29.4 Å². The summed E-state index contributed by atoms with van der Waals surface area (Å²) in [7, 11) is 0. The number of allylic oxidation sites excluding steroid dienone is 3. The van der Waals surface area contributed by atoms with Crippen LogP contribution in [0.15, 0.2) is 41.0 Å². The van der Waals surface area contributed by atoms with Crippen LogP contribution in [0.4, 0.5) is 0 Å². The molecule has 212 valence electrons. The second-order valence-corrected chi connectivity index (χ2v) is 13.2. The van der Waals surface area contributed by atoms with Crippen molar-refractivity contribution in [2.45, 2.75) is 90.1 Å². The molecule has 1 spiro atoms. The van der Waals surface area contributed by atoms with E-state index in [2.05, 4.69) is 0 Å². The third-order valence-corrected chi connectivity index (χ3v) is 9.32. The van der Waals surface area contributed by atoms with Gasteiger partial charge in [0.15, 0.2) is 22.8 Å². The minimum absolute atomic E-state index is 0.107. The number of aliphatic hydroxyl groups is 1. The van der Waals surface area contributed by atoms with Crippen molar-refractivity contribution in [2.75, 3.05) is 6.61 Å². The molecule has 2 N–H and O–H groups in total. The van der Waals surface area contributed by atoms with E-state index in [9.17, 15) is 19.8 Å².